The van der Waals surface area contributed by atoms with Crippen LogP contribution in [0, 0.1) is 11.6 Å². The lowest BCUT2D eigenvalue weighted by Crippen LogP contribution is -2.29. The molecule has 0 fully saturated rings. The Kier molecular flexibility index (Phi) is 17.1. The monoisotopic (exact) mass is 1080 g/mol. The minimum atomic E-state index is -3.62. The van der Waals surface area contributed by atoms with Crippen molar-refractivity contribution in [2.75, 3.05) is 49.3 Å². The number of nitrogens with one attached hydrogen (secondary N) is 2. The van der Waals surface area contributed by atoms with E-state index in [1.807, 2.05) is 0 Å². The van der Waals surface area contributed by atoms with Crippen molar-refractivity contribution in [2.45, 2.75) is 7.43 Å². The van der Waals surface area contributed by atoms with Gasteiger partial charge in [-0.3, -0.25) is 18.2 Å². The van der Waals surface area contributed by atoms with Crippen molar-refractivity contribution in [3.8, 4) is 45.3 Å². The SMILES string of the molecule is C.CNC(=O)c1c(-c2ccc(F)cc2)oc2cc(N(C)S(C)(=O)=O)c(-c3ccc(O)cc3)cc12.CNC(=O)c1c(-c2ccc(F)cc2)oc2cc(N(C)S(C)(=O)=O)c(Br)cc12.OB(O)c1ccc(O)cc1. The average Bonchev–Trinajstić information content (AvgIpc) is 3.88. The van der Waals surface area contributed by atoms with E-state index in [1.54, 1.807) is 36.4 Å². The van der Waals surface area contributed by atoms with Gasteiger partial charge < -0.3 is 39.7 Å². The number of phenols is 2. The fourth-order valence-corrected chi connectivity index (χ4v) is 8.67. The average molecular weight is 1080 g/mol. The number of nitrogens with zero attached hydrogens (tertiary/aromatic N) is 2. The Hall–Kier alpha value is -7.24. The van der Waals surface area contributed by atoms with E-state index >= 15 is 0 Å². The summed E-state index contributed by atoms with van der Waals surface area (Å²) in [4.78, 5) is 25.3. The van der Waals surface area contributed by atoms with Crippen LogP contribution in [0.15, 0.2) is 135 Å². The van der Waals surface area contributed by atoms with Crippen molar-refractivity contribution in [1.82, 2.24) is 10.6 Å². The zero-order chi connectivity index (χ0) is 51.4. The van der Waals surface area contributed by atoms with E-state index in [-0.39, 0.29) is 47.5 Å². The zero-order valence-electron chi connectivity index (χ0n) is 38.0. The number of furan rings is 2. The molecule has 0 bridgehead atoms. The summed E-state index contributed by atoms with van der Waals surface area (Å²) in [5.74, 6) is -0.928. The molecule has 6 N–H and O–H groups in total. The molecule has 0 spiro atoms. The summed E-state index contributed by atoms with van der Waals surface area (Å²) in [5.41, 5.74) is 4.41. The molecule has 0 aliphatic rings. The van der Waals surface area contributed by atoms with Gasteiger partial charge in [0.15, 0.2) is 0 Å². The molecule has 16 nitrogen and oxygen atoms in total. The highest BCUT2D eigenvalue weighted by Gasteiger charge is 2.27. The van der Waals surface area contributed by atoms with Crippen molar-refractivity contribution in [2.24, 2.45) is 0 Å². The van der Waals surface area contributed by atoms with Crippen LogP contribution >= 0.6 is 15.9 Å². The number of anilines is 2. The molecular formula is C49H48BBrF2N4O12S2. The number of hydrogen-bond donors (Lipinski definition) is 6. The Morgan fingerprint density at radius 3 is 1.35 bits per heavy atom. The molecule has 0 saturated carbocycles. The van der Waals surface area contributed by atoms with Gasteiger partial charge in [-0.25, -0.2) is 25.6 Å². The maximum absolute atomic E-state index is 13.5. The van der Waals surface area contributed by atoms with Crippen LogP contribution in [-0.2, 0) is 20.0 Å². The van der Waals surface area contributed by atoms with Gasteiger partial charge in [-0.1, -0.05) is 31.7 Å². The van der Waals surface area contributed by atoms with Gasteiger partial charge in [0.2, 0.25) is 20.0 Å². The number of sulfonamides is 2. The quantitative estimate of drug-likeness (QED) is 0.0719. The van der Waals surface area contributed by atoms with E-state index in [4.69, 9.17) is 24.0 Å². The predicted molar refractivity (Wildman–Crippen MR) is 276 cm³/mol. The number of fused-ring (bicyclic) bond motifs is 2. The van der Waals surface area contributed by atoms with E-state index in [9.17, 15) is 40.3 Å². The maximum atomic E-state index is 13.5. The third kappa shape index (κ3) is 12.4. The second-order valence-electron chi connectivity index (χ2n) is 15.4. The predicted octanol–water partition coefficient (Wildman–Crippen LogP) is 7.83. The highest BCUT2D eigenvalue weighted by atomic mass is 79.9. The highest BCUT2D eigenvalue weighted by Crippen LogP contribution is 2.42. The minimum absolute atomic E-state index is 0. The first-order chi connectivity index (χ1) is 32.9. The number of phenolic OH excluding ortho intramolecular Hbond substituents is 2. The van der Waals surface area contributed by atoms with Crippen LogP contribution in [0.3, 0.4) is 0 Å². The number of rotatable bonds is 10. The standard InChI is InChI=1S/C24H21FN2O5S.C18H16BrFN2O4S.C6H7BO3.CH4/c1-26-24(29)22-19-12-18(14-6-10-17(28)11-7-14)20(27(2)33(3,30)31)13-21(19)32-23(22)15-4-8-16(25)9-5-15;1-21-18(23)16-12-8-13(19)14(22(2)27(3,24)25)9-15(12)26-17(16)10-4-6-11(20)7-5-10;8-6-3-1-5(2-4-6)7(9)10;/h4-13,28H,1-3H3,(H,26,29);4-9H,1-3H3,(H,21,23);1-4,8-10H;1H4. The normalized spacial score (nSPS) is 11.1. The Labute approximate surface area is 417 Å². The molecule has 2 amide bonds. The summed E-state index contributed by atoms with van der Waals surface area (Å²) in [6, 6.07) is 29.5. The van der Waals surface area contributed by atoms with Crippen molar-refractivity contribution >= 4 is 93.7 Å². The summed E-state index contributed by atoms with van der Waals surface area (Å²) in [6.45, 7) is 0. The molecule has 0 atom stereocenters. The molecule has 22 heteroatoms. The fraction of sp³-hybridized carbons (Fsp3) is 0.143. The number of amides is 2. The number of halogens is 3. The molecule has 8 rings (SSSR count). The first-order valence-electron chi connectivity index (χ1n) is 20.6. The van der Waals surface area contributed by atoms with Crippen LogP contribution in [0.1, 0.15) is 28.1 Å². The van der Waals surface area contributed by atoms with E-state index in [1.165, 1.54) is 113 Å². The van der Waals surface area contributed by atoms with Crippen LogP contribution in [0.4, 0.5) is 20.2 Å². The molecule has 0 aliphatic heterocycles. The lowest BCUT2D eigenvalue weighted by molar-refractivity contribution is 0.0956. The summed E-state index contributed by atoms with van der Waals surface area (Å²) in [6.07, 6.45) is 2.17. The second kappa shape index (κ2) is 22.2. The van der Waals surface area contributed by atoms with Crippen molar-refractivity contribution in [3.05, 3.63) is 149 Å². The number of benzene rings is 6. The molecule has 0 saturated heterocycles. The minimum Gasteiger partial charge on any atom is -0.508 e. The molecule has 6 aromatic carbocycles. The van der Waals surface area contributed by atoms with Gasteiger partial charge >= 0.3 is 7.12 Å². The van der Waals surface area contributed by atoms with Crippen LogP contribution in [0.2, 0.25) is 0 Å². The molecule has 372 valence electrons. The molecule has 8 aromatic rings. The van der Waals surface area contributed by atoms with Gasteiger partial charge in [0, 0.05) is 72.3 Å². The molecule has 71 heavy (non-hydrogen) atoms. The second-order valence-corrected chi connectivity index (χ2v) is 20.3. The lowest BCUT2D eigenvalue weighted by Gasteiger charge is -2.20. The van der Waals surface area contributed by atoms with Gasteiger partial charge in [-0.2, -0.15) is 0 Å². The smallest absolute Gasteiger partial charge is 0.488 e. The highest BCUT2D eigenvalue weighted by molar-refractivity contribution is 9.10. The number of aromatic hydroxyl groups is 2. The molecule has 0 aliphatic carbocycles. The zero-order valence-corrected chi connectivity index (χ0v) is 41.2. The third-order valence-electron chi connectivity index (χ3n) is 10.7. The summed E-state index contributed by atoms with van der Waals surface area (Å²) >= 11 is 3.36. The summed E-state index contributed by atoms with van der Waals surface area (Å²) in [7, 11) is -2.74. The van der Waals surface area contributed by atoms with Gasteiger partial charge in [0.25, 0.3) is 11.8 Å². The molecule has 2 heterocycles. The topological polar surface area (TPSA) is 240 Å². The van der Waals surface area contributed by atoms with Gasteiger partial charge in [-0.15, -0.1) is 0 Å². The molecule has 0 unspecified atom stereocenters. The summed E-state index contributed by atoms with van der Waals surface area (Å²) in [5, 5.41) is 41.8. The van der Waals surface area contributed by atoms with Crippen LogP contribution < -0.4 is 24.7 Å². The van der Waals surface area contributed by atoms with Gasteiger partial charge in [0.05, 0.1) is 35.0 Å². The summed E-state index contributed by atoms with van der Waals surface area (Å²) < 4.78 is 89.8. The Balaban J connectivity index is 0.000000221. The lowest BCUT2D eigenvalue weighted by atomic mass is 9.80. The number of carbonyl (C=O) groups is 2. The Bertz CT molecular complexity index is 3450. The number of carbonyl (C=O) groups excluding carboxylic acids is 2. The fourth-order valence-electron chi connectivity index (χ4n) is 6.93. The largest absolute Gasteiger partial charge is 0.508 e. The first kappa shape index (κ1) is 54.7. The van der Waals surface area contributed by atoms with Crippen LogP contribution in [-0.4, -0.2) is 96.7 Å². The van der Waals surface area contributed by atoms with Gasteiger partial charge in [-0.05, 0) is 112 Å². The van der Waals surface area contributed by atoms with Gasteiger partial charge in [0.1, 0.15) is 45.8 Å². The Morgan fingerprint density at radius 2 is 0.958 bits per heavy atom. The van der Waals surface area contributed by atoms with Crippen molar-refractivity contribution < 1.29 is 64.3 Å². The van der Waals surface area contributed by atoms with E-state index < -0.39 is 44.7 Å². The number of hydrogen-bond acceptors (Lipinski definition) is 12. The van der Waals surface area contributed by atoms with Crippen LogP contribution in [0.5, 0.6) is 11.5 Å². The molecular weight excluding hydrogens is 1030 g/mol. The third-order valence-corrected chi connectivity index (χ3v) is 13.7. The maximum Gasteiger partial charge on any atom is 0.488 e. The van der Waals surface area contributed by atoms with Crippen LogP contribution in [0.25, 0.3) is 55.7 Å². The van der Waals surface area contributed by atoms with E-state index in [2.05, 4.69) is 26.6 Å². The Morgan fingerprint density at radius 1 is 0.592 bits per heavy atom. The van der Waals surface area contributed by atoms with E-state index in [0.717, 1.165) is 21.1 Å². The van der Waals surface area contributed by atoms with Crippen molar-refractivity contribution in [1.29, 1.82) is 0 Å². The van der Waals surface area contributed by atoms with E-state index in [0.29, 0.717) is 65.5 Å². The van der Waals surface area contributed by atoms with Crippen molar-refractivity contribution in [3.63, 3.8) is 0 Å². The molecule has 0 radical (unpaired) electrons. The first-order valence-corrected chi connectivity index (χ1v) is 25.1. The molecule has 2 aromatic heterocycles.